The molecule has 12 heavy (non-hydrogen) atoms. The summed E-state index contributed by atoms with van der Waals surface area (Å²) >= 11 is 0. The number of alkyl halides is 3. The molecule has 0 fully saturated rings. The van der Waals surface area contributed by atoms with E-state index in [-0.39, 0.29) is 0 Å². The van der Waals surface area contributed by atoms with Gasteiger partial charge in [-0.1, -0.05) is 0 Å². The molecule has 0 aliphatic carbocycles. The van der Waals surface area contributed by atoms with Crippen LogP contribution in [0.1, 0.15) is 13.8 Å². The Labute approximate surface area is 70.9 Å². The van der Waals surface area contributed by atoms with Crippen molar-refractivity contribution in [2.45, 2.75) is 25.6 Å². The third-order valence-electron chi connectivity index (χ3n) is 1.14. The van der Waals surface area contributed by atoms with E-state index in [9.17, 15) is 13.2 Å². The molecule has 0 spiro atoms. The molecular weight excluding hydrogens is 187 g/mol. The van der Waals surface area contributed by atoms with Crippen molar-refractivity contribution in [3.8, 4) is 0 Å². The average Bonchev–Trinajstić information content (AvgIpc) is 1.85. The van der Waals surface area contributed by atoms with Crippen LogP contribution in [0.15, 0.2) is 5.70 Å². The molecule has 0 saturated carbocycles. The van der Waals surface area contributed by atoms with E-state index >= 15 is 0 Å². The van der Waals surface area contributed by atoms with Crippen LogP contribution in [-0.4, -0.2) is 27.4 Å². The molecule has 0 aliphatic rings. The highest BCUT2D eigenvalue weighted by Gasteiger charge is 2.48. The maximum atomic E-state index is 12.7. The van der Waals surface area contributed by atoms with Crippen LogP contribution in [0.25, 0.3) is 0 Å². The van der Waals surface area contributed by atoms with Gasteiger partial charge in [-0.2, -0.15) is 8.78 Å². The van der Waals surface area contributed by atoms with E-state index in [0.717, 1.165) is 19.5 Å². The van der Waals surface area contributed by atoms with E-state index in [1.807, 2.05) is 0 Å². The summed E-state index contributed by atoms with van der Waals surface area (Å²) in [6.07, 6.45) is -3.77. The summed E-state index contributed by atoms with van der Waals surface area (Å²) in [5, 5.41) is 6.38. The molecule has 0 amide bonds. The highest BCUT2D eigenvalue weighted by molar-refractivity contribution is 6.37. The molecular formula is C6H10F3NOSi. The molecule has 0 unspecified atom stereocenters. The molecule has 0 bridgehead atoms. The Bertz CT molecular complexity index is 195. The van der Waals surface area contributed by atoms with Gasteiger partial charge in [0.1, 0.15) is 0 Å². The fourth-order valence-corrected chi connectivity index (χ4v) is 1.08. The van der Waals surface area contributed by atoms with Gasteiger partial charge in [-0.25, -0.2) is 4.39 Å². The van der Waals surface area contributed by atoms with Crippen LogP contribution in [0.4, 0.5) is 13.2 Å². The molecule has 0 saturated heterocycles. The molecule has 0 radical (unpaired) electrons. The van der Waals surface area contributed by atoms with Crippen molar-refractivity contribution in [3.05, 3.63) is 5.70 Å². The van der Waals surface area contributed by atoms with Crippen molar-refractivity contribution in [1.82, 2.24) is 0 Å². The van der Waals surface area contributed by atoms with Crippen molar-refractivity contribution < 1.29 is 17.6 Å². The van der Waals surface area contributed by atoms with Gasteiger partial charge in [0, 0.05) is 0 Å². The van der Waals surface area contributed by atoms with Crippen LogP contribution in [0.2, 0.25) is 0 Å². The Morgan fingerprint density at radius 1 is 1.42 bits per heavy atom. The monoisotopic (exact) mass is 197 g/mol. The van der Waals surface area contributed by atoms with E-state index in [1.165, 1.54) is 0 Å². The van der Waals surface area contributed by atoms with Crippen LogP contribution in [0, 0.1) is 5.41 Å². The number of rotatable bonds is 4. The van der Waals surface area contributed by atoms with Gasteiger partial charge < -0.3 is 4.43 Å². The van der Waals surface area contributed by atoms with E-state index in [1.54, 1.807) is 5.87 Å². The van der Waals surface area contributed by atoms with Crippen LogP contribution in [0.3, 0.4) is 0 Å². The first-order chi connectivity index (χ1) is 5.31. The van der Waals surface area contributed by atoms with Crippen molar-refractivity contribution in [1.29, 1.82) is 5.41 Å². The molecule has 0 atom stereocenters. The Morgan fingerprint density at radius 2 is 1.92 bits per heavy atom. The Morgan fingerprint density at radius 3 is 2.25 bits per heavy atom. The maximum absolute atomic E-state index is 12.7. The molecule has 2 nitrogen and oxygen atoms in total. The summed E-state index contributed by atoms with van der Waals surface area (Å²) < 4.78 is 41.9. The summed E-state index contributed by atoms with van der Waals surface area (Å²) in [6, 6.07) is 0. The lowest BCUT2D eigenvalue weighted by molar-refractivity contribution is -0.252. The Kier molecular flexibility index (Phi) is 3.70. The van der Waals surface area contributed by atoms with Gasteiger partial charge >= 0.3 is 6.11 Å². The quantitative estimate of drug-likeness (QED) is 0.533. The third-order valence-corrected chi connectivity index (χ3v) is 2.04. The molecule has 0 aromatic rings. The predicted octanol–water partition coefficient (Wildman–Crippen LogP) is 1.19. The van der Waals surface area contributed by atoms with Gasteiger partial charge in [-0.05, 0) is 25.4 Å². The molecule has 0 aromatic carbocycles. The van der Waals surface area contributed by atoms with E-state index in [0.29, 0.717) is 0 Å². The largest absolute Gasteiger partial charge is 0.380 e. The van der Waals surface area contributed by atoms with E-state index in [2.05, 4.69) is 4.43 Å². The molecule has 6 heteroatoms. The highest BCUT2D eigenvalue weighted by atomic mass is 28.2. The summed E-state index contributed by atoms with van der Waals surface area (Å²) in [5.41, 5.74) is -1.62. The Balaban J connectivity index is 4.13. The molecule has 0 aliphatic heterocycles. The molecule has 1 N–H and O–H groups in total. The number of halogens is 3. The topological polar surface area (TPSA) is 33.1 Å². The minimum Gasteiger partial charge on any atom is -0.361 e. The first-order valence-electron chi connectivity index (χ1n) is 3.26. The zero-order valence-corrected chi connectivity index (χ0v) is 8.24. The highest BCUT2D eigenvalue weighted by Crippen LogP contribution is 2.32. The molecule has 0 heterocycles. The molecule has 0 aromatic heterocycles. The predicted molar refractivity (Wildman–Crippen MR) is 42.1 cm³/mol. The SMILES string of the molecule is CC(C)(F)C(F)(F)O[SiH2]C=C=N. The number of nitrogens with one attached hydrogen (secondary N) is 1. The van der Waals surface area contributed by atoms with Crippen molar-refractivity contribution in [3.63, 3.8) is 0 Å². The van der Waals surface area contributed by atoms with Gasteiger partial charge in [0.25, 0.3) is 0 Å². The van der Waals surface area contributed by atoms with Gasteiger partial charge in [0.2, 0.25) is 9.76 Å². The lowest BCUT2D eigenvalue weighted by Gasteiger charge is -2.25. The zero-order valence-electron chi connectivity index (χ0n) is 6.83. The third kappa shape index (κ3) is 3.21. The second-order valence-electron chi connectivity index (χ2n) is 2.65. The molecule has 0 rings (SSSR count). The van der Waals surface area contributed by atoms with E-state index < -0.39 is 21.5 Å². The van der Waals surface area contributed by atoms with E-state index in [4.69, 9.17) is 5.41 Å². The van der Waals surface area contributed by atoms with Crippen molar-refractivity contribution >= 4 is 15.6 Å². The van der Waals surface area contributed by atoms with Crippen molar-refractivity contribution in [2.75, 3.05) is 0 Å². The van der Waals surface area contributed by atoms with Gasteiger partial charge in [-0.3, -0.25) is 5.41 Å². The maximum Gasteiger partial charge on any atom is 0.380 e. The normalized spacial score (nSPS) is 13.4. The number of hydrogen-bond acceptors (Lipinski definition) is 2. The molecule has 70 valence electrons. The smallest absolute Gasteiger partial charge is 0.361 e. The van der Waals surface area contributed by atoms with Gasteiger partial charge in [-0.15, -0.1) is 0 Å². The lowest BCUT2D eigenvalue weighted by Crippen LogP contribution is -2.42. The van der Waals surface area contributed by atoms with Crippen LogP contribution in [0.5, 0.6) is 0 Å². The minimum atomic E-state index is -3.77. The summed E-state index contributed by atoms with van der Waals surface area (Å²) in [6.45, 7) is 1.49. The fraction of sp³-hybridized carbons (Fsp3) is 0.667. The second kappa shape index (κ2) is 3.89. The van der Waals surface area contributed by atoms with Gasteiger partial charge in [0.05, 0.1) is 0 Å². The number of hydrogen-bond donors (Lipinski definition) is 1. The van der Waals surface area contributed by atoms with Crippen LogP contribution in [-0.2, 0) is 4.43 Å². The fourth-order valence-electron chi connectivity index (χ4n) is 0.360. The van der Waals surface area contributed by atoms with Crippen LogP contribution >= 0.6 is 0 Å². The second-order valence-corrected chi connectivity index (χ2v) is 3.68. The summed E-state index contributed by atoms with van der Waals surface area (Å²) in [4.78, 5) is 0. The zero-order chi connectivity index (χ0) is 9.83. The standard InChI is InChI=1S/C6H10F3NOSi/c1-5(2,7)6(8,9)11-12-4-3-10/h4,10H,12H2,1-2H3. The Hall–Kier alpha value is -0.583. The lowest BCUT2D eigenvalue weighted by atomic mass is 10.1. The minimum absolute atomic E-state index is 0.746. The van der Waals surface area contributed by atoms with Crippen molar-refractivity contribution in [2.24, 2.45) is 0 Å². The first-order valence-corrected chi connectivity index (χ1v) is 4.65. The average molecular weight is 197 g/mol. The van der Waals surface area contributed by atoms with Gasteiger partial charge in [0.15, 0.2) is 5.67 Å². The summed E-state index contributed by atoms with van der Waals surface area (Å²) in [5.74, 6) is 1.80. The van der Waals surface area contributed by atoms with Crippen LogP contribution < -0.4 is 0 Å². The first kappa shape index (κ1) is 11.4. The summed E-state index contributed by atoms with van der Waals surface area (Å²) in [7, 11) is -1.69.